The number of methoxy groups -OCH3 is 1. The van der Waals surface area contributed by atoms with E-state index < -0.39 is 0 Å². The van der Waals surface area contributed by atoms with Crippen LogP contribution in [0.5, 0.6) is 5.75 Å². The van der Waals surface area contributed by atoms with Gasteiger partial charge in [-0.3, -0.25) is 10.1 Å². The maximum Gasteiger partial charge on any atom is 0.257 e. The van der Waals surface area contributed by atoms with Gasteiger partial charge in [-0.25, -0.2) is 4.98 Å². The molecular weight excluding hydrogens is 436 g/mol. The number of nitrogens with one attached hydrogen (secondary N) is 1. The second kappa shape index (κ2) is 7.01. The van der Waals surface area contributed by atoms with Gasteiger partial charge < -0.3 is 4.74 Å². The molecule has 1 N–H and O–H groups in total. The van der Waals surface area contributed by atoms with Crippen LogP contribution >= 0.6 is 27.3 Å². The van der Waals surface area contributed by atoms with Gasteiger partial charge in [0.15, 0.2) is 5.13 Å². The summed E-state index contributed by atoms with van der Waals surface area (Å²) >= 11 is 5.13. The fourth-order valence-corrected chi connectivity index (χ4v) is 4.82. The standard InChI is InChI=1S/C22H21BrN2O2S/c1-22(2,3)13-7-5-12(6-8-13)20(26)25-21-24-19-17(28-21)11-14-15(23)9-10-16(27-4)18(14)19/h5-10H,11H2,1-4H3,(H,24,25,26). The van der Waals surface area contributed by atoms with Crippen LogP contribution in [0.4, 0.5) is 5.13 Å². The lowest BCUT2D eigenvalue weighted by Gasteiger charge is -2.18. The van der Waals surface area contributed by atoms with E-state index in [1.807, 2.05) is 36.4 Å². The number of aromatic nitrogens is 1. The second-order valence-electron chi connectivity index (χ2n) is 7.85. The molecule has 0 saturated carbocycles. The zero-order valence-electron chi connectivity index (χ0n) is 16.2. The summed E-state index contributed by atoms with van der Waals surface area (Å²) in [6.45, 7) is 6.47. The minimum atomic E-state index is -0.144. The van der Waals surface area contributed by atoms with Crippen molar-refractivity contribution in [3.63, 3.8) is 0 Å². The third kappa shape index (κ3) is 3.35. The summed E-state index contributed by atoms with van der Waals surface area (Å²) in [7, 11) is 1.66. The molecular formula is C22H21BrN2O2S. The molecule has 0 saturated heterocycles. The summed E-state index contributed by atoms with van der Waals surface area (Å²) in [5, 5.41) is 3.56. The number of nitrogens with zero attached hydrogens (tertiary/aromatic N) is 1. The monoisotopic (exact) mass is 456 g/mol. The second-order valence-corrected chi connectivity index (χ2v) is 9.79. The van der Waals surface area contributed by atoms with Crippen molar-refractivity contribution >= 4 is 38.3 Å². The van der Waals surface area contributed by atoms with Crippen LogP contribution in [-0.2, 0) is 11.8 Å². The third-order valence-electron chi connectivity index (χ3n) is 4.94. The van der Waals surface area contributed by atoms with Crippen LogP contribution in [0.2, 0.25) is 0 Å². The quantitative estimate of drug-likeness (QED) is 0.408. The molecule has 0 bridgehead atoms. The molecule has 28 heavy (non-hydrogen) atoms. The number of fused-ring (bicyclic) bond motifs is 3. The Labute approximate surface area is 177 Å². The third-order valence-corrected chi connectivity index (χ3v) is 6.66. The van der Waals surface area contributed by atoms with E-state index in [2.05, 4.69) is 47.0 Å². The first-order valence-corrected chi connectivity index (χ1v) is 10.7. The molecule has 0 fully saturated rings. The van der Waals surface area contributed by atoms with Crippen molar-refractivity contribution in [3.05, 3.63) is 62.4 Å². The lowest BCUT2D eigenvalue weighted by atomic mass is 9.87. The fraction of sp³-hybridized carbons (Fsp3) is 0.273. The molecule has 6 heteroatoms. The number of amides is 1. The SMILES string of the molecule is COc1ccc(Br)c2c1-c1nc(NC(=O)c3ccc(C(C)(C)C)cc3)sc1C2. The smallest absolute Gasteiger partial charge is 0.257 e. The predicted octanol–water partition coefficient (Wildman–Crippen LogP) is 6.04. The zero-order chi connectivity index (χ0) is 20.1. The number of hydrogen-bond donors (Lipinski definition) is 1. The van der Waals surface area contributed by atoms with Gasteiger partial charge in [-0.05, 0) is 40.8 Å². The summed E-state index contributed by atoms with van der Waals surface area (Å²) < 4.78 is 6.58. The zero-order valence-corrected chi connectivity index (χ0v) is 18.6. The van der Waals surface area contributed by atoms with Crippen molar-refractivity contribution in [2.75, 3.05) is 12.4 Å². The summed E-state index contributed by atoms with van der Waals surface area (Å²) in [6.07, 6.45) is 0.788. The molecule has 0 radical (unpaired) electrons. The van der Waals surface area contributed by atoms with Crippen molar-refractivity contribution < 1.29 is 9.53 Å². The molecule has 3 aromatic rings. The Morgan fingerprint density at radius 1 is 1.18 bits per heavy atom. The van der Waals surface area contributed by atoms with Gasteiger partial charge >= 0.3 is 0 Å². The highest BCUT2D eigenvalue weighted by Gasteiger charge is 2.29. The molecule has 0 aliphatic heterocycles. The minimum Gasteiger partial charge on any atom is -0.496 e. The van der Waals surface area contributed by atoms with Gasteiger partial charge in [-0.15, -0.1) is 11.3 Å². The molecule has 1 aromatic heterocycles. The van der Waals surface area contributed by atoms with Gasteiger partial charge in [0.25, 0.3) is 5.91 Å². The molecule has 1 heterocycles. The maximum absolute atomic E-state index is 12.6. The van der Waals surface area contributed by atoms with Crippen molar-refractivity contribution in [3.8, 4) is 17.0 Å². The number of thiazole rings is 1. The average Bonchev–Trinajstić information content (AvgIpc) is 3.20. The first-order chi connectivity index (χ1) is 13.3. The van der Waals surface area contributed by atoms with Gasteiger partial charge in [-0.1, -0.05) is 48.8 Å². The van der Waals surface area contributed by atoms with E-state index in [-0.39, 0.29) is 11.3 Å². The van der Waals surface area contributed by atoms with Crippen LogP contribution in [0.15, 0.2) is 40.9 Å². The van der Waals surface area contributed by atoms with Crippen LogP contribution in [0.1, 0.15) is 47.1 Å². The highest BCUT2D eigenvalue weighted by Crippen LogP contribution is 2.48. The number of carbonyl (C=O) groups excluding carboxylic acids is 1. The Morgan fingerprint density at radius 3 is 2.54 bits per heavy atom. The lowest BCUT2D eigenvalue weighted by molar-refractivity contribution is 0.102. The molecule has 144 valence electrons. The number of anilines is 1. The van der Waals surface area contributed by atoms with E-state index in [4.69, 9.17) is 4.74 Å². The van der Waals surface area contributed by atoms with Crippen LogP contribution in [-0.4, -0.2) is 18.0 Å². The number of rotatable bonds is 3. The van der Waals surface area contributed by atoms with Gasteiger partial charge in [0.05, 0.1) is 12.8 Å². The lowest BCUT2D eigenvalue weighted by Crippen LogP contribution is -2.14. The highest BCUT2D eigenvalue weighted by atomic mass is 79.9. The molecule has 1 aliphatic carbocycles. The summed E-state index contributed by atoms with van der Waals surface area (Å²) in [6, 6.07) is 11.7. The van der Waals surface area contributed by atoms with Gasteiger partial charge in [-0.2, -0.15) is 0 Å². The van der Waals surface area contributed by atoms with Crippen molar-refractivity contribution in [2.24, 2.45) is 0 Å². The number of halogens is 1. The summed E-state index contributed by atoms with van der Waals surface area (Å²) in [4.78, 5) is 18.5. The van der Waals surface area contributed by atoms with Crippen LogP contribution in [0.25, 0.3) is 11.3 Å². The van der Waals surface area contributed by atoms with Crippen molar-refractivity contribution in [1.82, 2.24) is 4.98 Å². The van der Waals surface area contributed by atoms with Crippen LogP contribution in [0.3, 0.4) is 0 Å². The minimum absolute atomic E-state index is 0.0613. The first kappa shape index (κ1) is 19.2. The van der Waals surface area contributed by atoms with E-state index in [9.17, 15) is 4.79 Å². The predicted molar refractivity (Wildman–Crippen MR) is 118 cm³/mol. The number of ether oxygens (including phenoxy) is 1. The Hall–Kier alpha value is -2.18. The molecule has 2 aromatic carbocycles. The molecule has 0 atom stereocenters. The van der Waals surface area contributed by atoms with E-state index in [1.54, 1.807) is 7.11 Å². The van der Waals surface area contributed by atoms with E-state index in [0.29, 0.717) is 10.7 Å². The molecule has 4 rings (SSSR count). The van der Waals surface area contributed by atoms with Crippen molar-refractivity contribution in [1.29, 1.82) is 0 Å². The molecule has 4 nitrogen and oxygen atoms in total. The normalized spacial score (nSPS) is 12.5. The van der Waals surface area contributed by atoms with Gasteiger partial charge in [0.2, 0.25) is 0 Å². The Bertz CT molecular complexity index is 1070. The highest BCUT2D eigenvalue weighted by molar-refractivity contribution is 9.10. The Morgan fingerprint density at radius 2 is 1.89 bits per heavy atom. The Kier molecular flexibility index (Phi) is 4.79. The average molecular weight is 457 g/mol. The van der Waals surface area contributed by atoms with E-state index in [1.165, 1.54) is 22.5 Å². The number of benzene rings is 2. The Balaban J connectivity index is 1.58. The number of hydrogen-bond acceptors (Lipinski definition) is 4. The van der Waals surface area contributed by atoms with Crippen molar-refractivity contribution in [2.45, 2.75) is 32.6 Å². The summed E-state index contributed by atoms with van der Waals surface area (Å²) in [5.41, 5.74) is 4.99. The van der Waals surface area contributed by atoms with E-state index >= 15 is 0 Å². The largest absolute Gasteiger partial charge is 0.496 e. The molecule has 0 spiro atoms. The first-order valence-electron chi connectivity index (χ1n) is 9.05. The van der Waals surface area contributed by atoms with E-state index in [0.717, 1.165) is 32.8 Å². The van der Waals surface area contributed by atoms with Crippen LogP contribution < -0.4 is 10.1 Å². The number of carbonyl (C=O) groups is 1. The fourth-order valence-electron chi connectivity index (χ4n) is 3.38. The maximum atomic E-state index is 12.6. The van der Waals surface area contributed by atoms with Gasteiger partial charge in [0, 0.05) is 26.9 Å². The summed E-state index contributed by atoms with van der Waals surface area (Å²) in [5.74, 6) is 0.659. The molecule has 0 unspecified atom stereocenters. The van der Waals surface area contributed by atoms with Gasteiger partial charge in [0.1, 0.15) is 5.75 Å². The molecule has 1 aliphatic rings. The molecule has 1 amide bonds. The topological polar surface area (TPSA) is 51.2 Å². The van der Waals surface area contributed by atoms with Crippen LogP contribution in [0, 0.1) is 0 Å².